The van der Waals surface area contributed by atoms with Crippen LogP contribution in [0.15, 0.2) is 18.2 Å². The predicted molar refractivity (Wildman–Crippen MR) is 51.5 cm³/mol. The number of rotatable bonds is 4. The van der Waals surface area contributed by atoms with Gasteiger partial charge in [0.1, 0.15) is 6.61 Å². The van der Waals surface area contributed by atoms with Crippen LogP contribution in [-0.4, -0.2) is 18.5 Å². The van der Waals surface area contributed by atoms with E-state index in [4.69, 9.17) is 10.5 Å². The van der Waals surface area contributed by atoms with Crippen LogP contribution in [-0.2, 0) is 16.1 Å². The van der Waals surface area contributed by atoms with Gasteiger partial charge in [0, 0.05) is 0 Å². The minimum atomic E-state index is -0.679. The summed E-state index contributed by atoms with van der Waals surface area (Å²) in [5.74, 6) is -0.616. The van der Waals surface area contributed by atoms with Crippen molar-refractivity contribution in [2.24, 2.45) is 5.73 Å². The second-order valence-electron chi connectivity index (χ2n) is 2.74. The van der Waals surface area contributed by atoms with E-state index in [1.807, 2.05) is 0 Å². The Hall–Kier alpha value is -2.22. The molecule has 15 heavy (non-hydrogen) atoms. The molecule has 0 aliphatic carbocycles. The third kappa shape index (κ3) is 4.52. The molecule has 5 nitrogen and oxygen atoms in total. The Labute approximate surface area is 87.2 Å². The number of carbonyl (C=O) groups is 2. The third-order valence-corrected chi connectivity index (χ3v) is 1.50. The molecule has 1 aromatic rings. The van der Waals surface area contributed by atoms with Crippen molar-refractivity contribution >= 4 is 12.0 Å². The molecule has 0 saturated carbocycles. The largest absolute Gasteiger partial charge is 0.445 e. The molecule has 78 valence electrons. The van der Waals surface area contributed by atoms with Crippen LogP contribution in [0.5, 0.6) is 0 Å². The number of hydrogen-bond acceptors (Lipinski definition) is 3. The molecule has 1 aromatic carbocycles. The maximum absolute atomic E-state index is 11.0. The summed E-state index contributed by atoms with van der Waals surface area (Å²) in [6, 6.07) is 10.5. The summed E-state index contributed by atoms with van der Waals surface area (Å²) < 4.78 is 4.79. The highest BCUT2D eigenvalue weighted by atomic mass is 16.5. The minimum Gasteiger partial charge on any atom is -0.445 e. The number of ether oxygens (including phenoxy) is 1. The average Bonchev–Trinajstić information content (AvgIpc) is 2.25. The SMILES string of the molecule is NC(=O)CNC(=O)OCc1cc#ccc1. The zero-order valence-electron chi connectivity index (χ0n) is 7.95. The molecule has 5 heteroatoms. The quantitative estimate of drug-likeness (QED) is 0.727. The van der Waals surface area contributed by atoms with Crippen LogP contribution in [0.1, 0.15) is 5.56 Å². The normalized spacial score (nSPS) is 8.80. The van der Waals surface area contributed by atoms with E-state index in [-0.39, 0.29) is 13.2 Å². The molecule has 0 aromatic heterocycles. The lowest BCUT2D eigenvalue weighted by atomic mass is 10.3. The van der Waals surface area contributed by atoms with E-state index < -0.39 is 12.0 Å². The molecular formula is C10H10N2O3. The second-order valence-corrected chi connectivity index (χ2v) is 2.74. The lowest BCUT2D eigenvalue weighted by molar-refractivity contribution is -0.117. The maximum atomic E-state index is 11.0. The Balaban J connectivity index is 2.26. The summed E-state index contributed by atoms with van der Waals surface area (Å²) in [5.41, 5.74) is 5.62. The fourth-order valence-electron chi connectivity index (χ4n) is 0.828. The van der Waals surface area contributed by atoms with Gasteiger partial charge in [-0.2, -0.15) is 0 Å². The number of nitrogens with one attached hydrogen (secondary N) is 1. The number of nitrogens with two attached hydrogens (primary N) is 1. The first-order chi connectivity index (χ1) is 7.18. The van der Waals surface area contributed by atoms with Crippen LogP contribution < -0.4 is 11.1 Å². The van der Waals surface area contributed by atoms with E-state index in [1.54, 1.807) is 18.2 Å². The maximum Gasteiger partial charge on any atom is 0.407 e. The van der Waals surface area contributed by atoms with Crippen LogP contribution >= 0.6 is 0 Å². The summed E-state index contributed by atoms with van der Waals surface area (Å²) in [6.45, 7) is -0.108. The van der Waals surface area contributed by atoms with Gasteiger partial charge in [0.05, 0.1) is 6.54 Å². The zero-order chi connectivity index (χ0) is 11.1. The molecule has 2 amide bonds. The van der Waals surface area contributed by atoms with Gasteiger partial charge in [-0.25, -0.2) is 4.79 Å². The molecule has 0 aliphatic heterocycles. The monoisotopic (exact) mass is 206 g/mol. The summed E-state index contributed by atoms with van der Waals surface area (Å²) in [5, 5.41) is 2.20. The van der Waals surface area contributed by atoms with Crippen molar-refractivity contribution in [1.29, 1.82) is 0 Å². The average molecular weight is 206 g/mol. The molecule has 0 radical (unpaired) electrons. The second kappa shape index (κ2) is 5.50. The number of amides is 2. The molecule has 3 N–H and O–H groups in total. The summed E-state index contributed by atoms with van der Waals surface area (Å²) in [7, 11) is 0. The van der Waals surface area contributed by atoms with Gasteiger partial charge in [-0.1, -0.05) is 12.1 Å². The Morgan fingerprint density at radius 1 is 1.47 bits per heavy atom. The fraction of sp³-hybridized carbons (Fsp3) is 0.200. The van der Waals surface area contributed by atoms with Gasteiger partial charge in [0.15, 0.2) is 0 Å². The lowest BCUT2D eigenvalue weighted by Gasteiger charge is -2.04. The van der Waals surface area contributed by atoms with Crippen molar-refractivity contribution in [3.8, 4) is 0 Å². The highest BCUT2D eigenvalue weighted by Gasteiger charge is 2.03. The number of hydrogen-bond donors (Lipinski definition) is 2. The first kappa shape index (κ1) is 10.9. The van der Waals surface area contributed by atoms with Gasteiger partial charge in [-0.3, -0.25) is 4.79 Å². The van der Waals surface area contributed by atoms with Crippen molar-refractivity contribution < 1.29 is 14.3 Å². The van der Waals surface area contributed by atoms with Crippen molar-refractivity contribution in [2.75, 3.05) is 6.54 Å². The summed E-state index contributed by atoms with van der Waals surface area (Å²) >= 11 is 0. The van der Waals surface area contributed by atoms with Crippen LogP contribution in [0.4, 0.5) is 4.79 Å². The van der Waals surface area contributed by atoms with E-state index >= 15 is 0 Å². The van der Waals surface area contributed by atoms with Gasteiger partial charge in [-0.15, -0.1) is 0 Å². The Kier molecular flexibility index (Phi) is 3.98. The standard InChI is InChI=1S/C10H10N2O3/c11-9(13)6-12-10(14)15-7-8-4-2-1-3-5-8/h2,4-5H,6-7H2,(H2,11,13)(H,12,14). The molecule has 0 fully saturated rings. The first-order valence-electron chi connectivity index (χ1n) is 4.24. The fourth-order valence-corrected chi connectivity index (χ4v) is 0.828. The molecule has 0 spiro atoms. The zero-order valence-corrected chi connectivity index (χ0v) is 7.95. The van der Waals surface area contributed by atoms with Gasteiger partial charge in [0.25, 0.3) is 0 Å². The smallest absolute Gasteiger partial charge is 0.407 e. The van der Waals surface area contributed by atoms with E-state index in [9.17, 15) is 9.59 Å². The molecule has 0 saturated heterocycles. The van der Waals surface area contributed by atoms with E-state index in [2.05, 4.69) is 17.4 Å². The minimum absolute atomic E-state index is 0.121. The molecule has 0 heterocycles. The first-order valence-corrected chi connectivity index (χ1v) is 4.24. The lowest BCUT2D eigenvalue weighted by Crippen LogP contribution is -2.33. The van der Waals surface area contributed by atoms with Crippen molar-refractivity contribution in [1.82, 2.24) is 5.32 Å². The van der Waals surface area contributed by atoms with Gasteiger partial charge in [-0.05, 0) is 23.8 Å². The molecule has 0 aliphatic rings. The van der Waals surface area contributed by atoms with Gasteiger partial charge in [0.2, 0.25) is 5.91 Å². The summed E-state index contributed by atoms with van der Waals surface area (Å²) in [6.07, 6.45) is -0.679. The van der Waals surface area contributed by atoms with Crippen molar-refractivity contribution in [3.05, 3.63) is 35.9 Å². The Bertz CT molecular complexity index is 338. The summed E-state index contributed by atoms with van der Waals surface area (Å²) in [4.78, 5) is 21.3. The highest BCUT2D eigenvalue weighted by molar-refractivity contribution is 5.80. The van der Waals surface area contributed by atoms with Crippen LogP contribution in [0.25, 0.3) is 0 Å². The number of alkyl carbamates (subject to hydrolysis) is 1. The van der Waals surface area contributed by atoms with Crippen LogP contribution in [0, 0.1) is 12.1 Å². The molecule has 1 rings (SSSR count). The third-order valence-electron chi connectivity index (χ3n) is 1.50. The topological polar surface area (TPSA) is 81.4 Å². The van der Waals surface area contributed by atoms with Crippen molar-refractivity contribution in [2.45, 2.75) is 6.61 Å². The predicted octanol–water partition coefficient (Wildman–Crippen LogP) is -0.00152. The highest BCUT2D eigenvalue weighted by Crippen LogP contribution is 1.97. The van der Waals surface area contributed by atoms with Gasteiger partial charge >= 0.3 is 6.09 Å². The van der Waals surface area contributed by atoms with E-state index in [0.29, 0.717) is 0 Å². The van der Waals surface area contributed by atoms with E-state index in [1.165, 1.54) is 0 Å². The molecular weight excluding hydrogens is 196 g/mol. The molecule has 0 bridgehead atoms. The van der Waals surface area contributed by atoms with Crippen LogP contribution in [0.2, 0.25) is 0 Å². The number of carbonyl (C=O) groups excluding carboxylic acids is 2. The van der Waals surface area contributed by atoms with Crippen LogP contribution in [0.3, 0.4) is 0 Å². The van der Waals surface area contributed by atoms with E-state index in [0.717, 1.165) is 5.56 Å². The number of primary amides is 1. The molecule has 0 atom stereocenters. The Morgan fingerprint density at radius 3 is 2.87 bits per heavy atom. The van der Waals surface area contributed by atoms with Crippen molar-refractivity contribution in [3.63, 3.8) is 0 Å². The van der Waals surface area contributed by atoms with Gasteiger partial charge < -0.3 is 15.8 Å². The molecule has 0 unspecified atom stereocenters. The Morgan fingerprint density at radius 2 is 2.27 bits per heavy atom.